The van der Waals surface area contributed by atoms with Gasteiger partial charge in [-0.1, -0.05) is 111 Å². The van der Waals surface area contributed by atoms with Crippen molar-refractivity contribution in [2.24, 2.45) is 0 Å². The monoisotopic (exact) mass is 890 g/mol. The third-order valence-corrected chi connectivity index (χ3v) is 14.7. The highest BCUT2D eigenvalue weighted by Crippen LogP contribution is 2.53. The Bertz CT molecular complexity index is 3760. The molecule has 1 aliphatic rings. The molecule has 0 radical (unpaired) electrons. The first kappa shape index (κ1) is 42.0. The van der Waals surface area contributed by atoms with Crippen LogP contribution in [0, 0.1) is 27.7 Å². The van der Waals surface area contributed by atoms with Gasteiger partial charge in [0.15, 0.2) is 0 Å². The molecular weight excluding hydrogens is 837 g/mol. The highest BCUT2D eigenvalue weighted by atomic mass is 15.2. The maximum absolute atomic E-state index is 2.55. The van der Waals surface area contributed by atoms with Crippen molar-refractivity contribution in [1.82, 2.24) is 4.57 Å². The van der Waals surface area contributed by atoms with Gasteiger partial charge in [-0.25, -0.2) is 0 Å². The maximum Gasteiger partial charge on any atom is 0.0583 e. The second-order valence-corrected chi connectivity index (χ2v) is 19.3. The van der Waals surface area contributed by atoms with Gasteiger partial charge in [0.05, 0.1) is 16.7 Å². The Morgan fingerprint density at radius 3 is 1.33 bits per heavy atom. The molecule has 4 heteroatoms. The largest absolute Gasteiger partial charge is 0.310 e. The molecule has 2 heterocycles. The number of aryl methyl sites for hydroxylation is 4. The smallest absolute Gasteiger partial charge is 0.0583 e. The van der Waals surface area contributed by atoms with Crippen LogP contribution in [-0.2, 0) is 5.41 Å². The van der Waals surface area contributed by atoms with Crippen LogP contribution in [0.3, 0.4) is 0 Å². The van der Waals surface area contributed by atoms with Crippen molar-refractivity contribution >= 4 is 83.8 Å². The standard InChI is InChI=1S/C65H54N4/c1-43-26-29-52(36-45(43)3)66(49-20-10-7-11-21-49)55-32-34-62-58(39-55)59-40-57(68(51-24-14-9-15-25-51)54-31-28-47-18-16-17-19-48(47)38-54)42-61-64(59)69(62)63-35-33-56(41-60(63)65(61,5)6)67(50-22-12-8-13-23-50)53-30-27-44(2)46(4)37-53/h7-42H,1-6H3. The van der Waals surface area contributed by atoms with Gasteiger partial charge >= 0.3 is 0 Å². The zero-order valence-corrected chi connectivity index (χ0v) is 40.1. The number of nitrogens with zero attached hydrogens (tertiary/aromatic N) is 4. The summed E-state index contributed by atoms with van der Waals surface area (Å²) >= 11 is 0. The summed E-state index contributed by atoms with van der Waals surface area (Å²) in [6, 6.07) is 80.7. The van der Waals surface area contributed by atoms with Gasteiger partial charge in [0.25, 0.3) is 0 Å². The van der Waals surface area contributed by atoms with E-state index >= 15 is 0 Å². The molecule has 0 unspecified atom stereocenters. The number of aromatic nitrogens is 1. The van der Waals surface area contributed by atoms with E-state index in [1.165, 1.54) is 71.6 Å². The van der Waals surface area contributed by atoms with Crippen LogP contribution in [0.15, 0.2) is 218 Å². The molecule has 0 bridgehead atoms. The van der Waals surface area contributed by atoms with Gasteiger partial charge in [0, 0.05) is 67.4 Å². The summed E-state index contributed by atoms with van der Waals surface area (Å²) in [7, 11) is 0. The molecule has 4 nitrogen and oxygen atoms in total. The fourth-order valence-electron chi connectivity index (χ4n) is 10.7. The van der Waals surface area contributed by atoms with E-state index < -0.39 is 5.41 Å². The molecule has 1 aromatic heterocycles. The average molecular weight is 891 g/mol. The van der Waals surface area contributed by atoms with Gasteiger partial charge < -0.3 is 19.3 Å². The van der Waals surface area contributed by atoms with Crippen LogP contribution < -0.4 is 14.7 Å². The van der Waals surface area contributed by atoms with Crippen molar-refractivity contribution in [3.05, 3.63) is 252 Å². The second kappa shape index (κ2) is 16.5. The molecule has 1 aliphatic heterocycles. The molecule has 0 saturated heterocycles. The minimum absolute atomic E-state index is 0.403. The molecule has 10 aromatic carbocycles. The minimum atomic E-state index is -0.403. The summed E-state index contributed by atoms with van der Waals surface area (Å²) in [5, 5.41) is 4.86. The number of rotatable bonds is 9. The van der Waals surface area contributed by atoms with Crippen molar-refractivity contribution in [2.75, 3.05) is 14.7 Å². The van der Waals surface area contributed by atoms with E-state index in [-0.39, 0.29) is 0 Å². The lowest BCUT2D eigenvalue weighted by atomic mass is 9.74. The van der Waals surface area contributed by atoms with Gasteiger partial charge in [-0.15, -0.1) is 0 Å². The van der Waals surface area contributed by atoms with Crippen LogP contribution in [0.2, 0.25) is 0 Å². The Hall–Kier alpha value is -8.34. The fraction of sp³-hybridized carbons (Fsp3) is 0.108. The van der Waals surface area contributed by atoms with Crippen LogP contribution in [0.5, 0.6) is 0 Å². The van der Waals surface area contributed by atoms with E-state index in [0.29, 0.717) is 0 Å². The highest BCUT2D eigenvalue weighted by molar-refractivity contribution is 6.14. The number of anilines is 9. The Morgan fingerprint density at radius 2 is 0.754 bits per heavy atom. The number of fused-ring (bicyclic) bond motifs is 6. The van der Waals surface area contributed by atoms with Gasteiger partial charge in [0.1, 0.15) is 0 Å². The molecule has 0 spiro atoms. The minimum Gasteiger partial charge on any atom is -0.310 e. The van der Waals surface area contributed by atoms with Crippen LogP contribution in [0.1, 0.15) is 47.2 Å². The lowest BCUT2D eigenvalue weighted by molar-refractivity contribution is 0.630. The lowest BCUT2D eigenvalue weighted by Gasteiger charge is -2.37. The molecular formula is C65H54N4. The molecule has 0 atom stereocenters. The molecule has 12 rings (SSSR count). The molecule has 0 amide bonds. The summed E-state index contributed by atoms with van der Waals surface area (Å²) in [4.78, 5) is 7.26. The van der Waals surface area contributed by atoms with Crippen LogP contribution in [0.25, 0.3) is 38.3 Å². The van der Waals surface area contributed by atoms with Gasteiger partial charge in [-0.2, -0.15) is 0 Å². The normalized spacial score (nSPS) is 12.6. The molecule has 0 fully saturated rings. The van der Waals surface area contributed by atoms with Crippen molar-refractivity contribution in [3.63, 3.8) is 0 Å². The third kappa shape index (κ3) is 7.06. The number of para-hydroxylation sites is 3. The van der Waals surface area contributed by atoms with E-state index in [1.54, 1.807) is 0 Å². The zero-order valence-electron chi connectivity index (χ0n) is 40.1. The Morgan fingerprint density at radius 1 is 0.319 bits per heavy atom. The summed E-state index contributed by atoms with van der Waals surface area (Å²) in [5.74, 6) is 0. The van der Waals surface area contributed by atoms with E-state index in [1.807, 2.05) is 0 Å². The first-order chi connectivity index (χ1) is 33.6. The number of hydrogen-bond acceptors (Lipinski definition) is 3. The van der Waals surface area contributed by atoms with E-state index in [9.17, 15) is 0 Å². The van der Waals surface area contributed by atoms with Gasteiger partial charge in [-0.3, -0.25) is 0 Å². The number of hydrogen-bond donors (Lipinski definition) is 0. The molecule has 11 aromatic rings. The summed E-state index contributed by atoms with van der Waals surface area (Å²) < 4.78 is 2.55. The van der Waals surface area contributed by atoms with E-state index in [0.717, 1.165) is 51.2 Å². The summed E-state index contributed by atoms with van der Waals surface area (Å²) in [6.07, 6.45) is 0. The maximum atomic E-state index is 2.55. The molecule has 69 heavy (non-hydrogen) atoms. The van der Waals surface area contributed by atoms with Gasteiger partial charge in [-0.05, 0) is 193 Å². The van der Waals surface area contributed by atoms with Crippen molar-refractivity contribution in [3.8, 4) is 5.69 Å². The van der Waals surface area contributed by atoms with Crippen molar-refractivity contribution < 1.29 is 0 Å². The molecule has 0 saturated carbocycles. The Labute approximate surface area is 405 Å². The lowest BCUT2D eigenvalue weighted by Crippen LogP contribution is -2.27. The van der Waals surface area contributed by atoms with Crippen molar-refractivity contribution in [1.29, 1.82) is 0 Å². The highest BCUT2D eigenvalue weighted by Gasteiger charge is 2.37. The quantitative estimate of drug-likeness (QED) is 0.143. The van der Waals surface area contributed by atoms with Gasteiger partial charge in [0.2, 0.25) is 0 Å². The Kier molecular flexibility index (Phi) is 10.0. The third-order valence-electron chi connectivity index (χ3n) is 14.7. The van der Waals surface area contributed by atoms with Crippen LogP contribution in [0.4, 0.5) is 51.2 Å². The van der Waals surface area contributed by atoms with Crippen LogP contribution in [-0.4, -0.2) is 4.57 Å². The topological polar surface area (TPSA) is 14.7 Å². The first-order valence-corrected chi connectivity index (χ1v) is 24.1. The van der Waals surface area contributed by atoms with E-state index in [2.05, 4.69) is 279 Å². The molecule has 0 N–H and O–H groups in total. The SMILES string of the molecule is Cc1ccc(N(c2ccccc2)c2ccc3c(c2)C(C)(C)c2cc(N(c4ccccc4)c4ccc5ccccc5c4)cc4c5cc(N(c6ccccc6)c6ccc(C)c(C)c6)ccc5n-3c24)cc1C. The van der Waals surface area contributed by atoms with Crippen molar-refractivity contribution in [2.45, 2.75) is 47.0 Å². The molecule has 334 valence electrons. The number of benzene rings is 10. The molecule has 0 aliphatic carbocycles. The summed E-state index contributed by atoms with van der Waals surface area (Å²) in [5.41, 5.74) is 21.0. The predicted molar refractivity (Wildman–Crippen MR) is 293 cm³/mol. The first-order valence-electron chi connectivity index (χ1n) is 24.1. The van der Waals surface area contributed by atoms with Crippen LogP contribution >= 0.6 is 0 Å². The average Bonchev–Trinajstić information content (AvgIpc) is 3.70. The van der Waals surface area contributed by atoms with E-state index in [4.69, 9.17) is 0 Å². The second-order valence-electron chi connectivity index (χ2n) is 19.3. The fourth-order valence-corrected chi connectivity index (χ4v) is 10.7. The predicted octanol–water partition coefficient (Wildman–Crippen LogP) is 18.2. The zero-order chi connectivity index (χ0) is 47.0. The summed E-state index contributed by atoms with van der Waals surface area (Å²) in [6.45, 7) is 13.6. The Balaban J connectivity index is 1.14.